The third kappa shape index (κ3) is 2.26. The summed E-state index contributed by atoms with van der Waals surface area (Å²) in [5.41, 5.74) is 1.71. The summed E-state index contributed by atoms with van der Waals surface area (Å²) in [6, 6.07) is 0. The zero-order chi connectivity index (χ0) is 14.4. The van der Waals surface area contributed by atoms with Gasteiger partial charge in [-0.3, -0.25) is 0 Å². The standard InChI is InChI=1S/C18H32O2Si/c1-3-19-21(20-4-2,17-13-9-5-6-10-14(13)17)18-15-11-7-8-12-16(15)18/h13-18H,3-12H2,1-2H3. The highest BCUT2D eigenvalue weighted by Gasteiger charge is 2.75. The lowest BCUT2D eigenvalue weighted by Crippen LogP contribution is -2.45. The fourth-order valence-corrected chi connectivity index (χ4v) is 12.3. The Balaban J connectivity index is 1.59. The Bertz CT molecular complexity index is 325. The van der Waals surface area contributed by atoms with Gasteiger partial charge in [0.1, 0.15) is 0 Å². The summed E-state index contributed by atoms with van der Waals surface area (Å²) in [6.45, 7) is 6.13. The second-order valence-electron chi connectivity index (χ2n) is 7.86. The van der Waals surface area contributed by atoms with Crippen molar-refractivity contribution in [1.29, 1.82) is 0 Å². The molecule has 0 spiro atoms. The topological polar surface area (TPSA) is 18.5 Å². The molecule has 2 nitrogen and oxygen atoms in total. The molecule has 4 fully saturated rings. The van der Waals surface area contributed by atoms with E-state index in [1.165, 1.54) is 51.4 Å². The van der Waals surface area contributed by atoms with Crippen molar-refractivity contribution < 1.29 is 8.85 Å². The van der Waals surface area contributed by atoms with E-state index in [9.17, 15) is 0 Å². The van der Waals surface area contributed by atoms with Crippen molar-refractivity contribution in [3.63, 3.8) is 0 Å². The normalized spacial score (nSPS) is 44.9. The van der Waals surface area contributed by atoms with Gasteiger partial charge in [-0.15, -0.1) is 0 Å². The minimum atomic E-state index is -1.98. The van der Waals surface area contributed by atoms with Crippen LogP contribution in [-0.4, -0.2) is 21.8 Å². The number of rotatable bonds is 6. The molecule has 0 aromatic carbocycles. The van der Waals surface area contributed by atoms with Gasteiger partial charge >= 0.3 is 8.56 Å². The van der Waals surface area contributed by atoms with Crippen molar-refractivity contribution in [1.82, 2.24) is 0 Å². The molecule has 0 saturated heterocycles. The van der Waals surface area contributed by atoms with Gasteiger partial charge in [0.25, 0.3) is 0 Å². The molecule has 0 aliphatic heterocycles. The molecule has 0 N–H and O–H groups in total. The first-order valence-electron chi connectivity index (χ1n) is 9.61. The predicted molar refractivity (Wildman–Crippen MR) is 87.4 cm³/mol. The third-order valence-electron chi connectivity index (χ3n) is 6.98. The number of fused-ring (bicyclic) bond motifs is 2. The van der Waals surface area contributed by atoms with Crippen LogP contribution in [-0.2, 0) is 8.85 Å². The maximum Gasteiger partial charge on any atom is 0.345 e. The van der Waals surface area contributed by atoms with Gasteiger partial charge in [0.05, 0.1) is 0 Å². The van der Waals surface area contributed by atoms with Crippen molar-refractivity contribution in [2.45, 2.75) is 76.3 Å². The van der Waals surface area contributed by atoms with E-state index in [-0.39, 0.29) is 0 Å². The molecule has 0 radical (unpaired) electrons. The Morgan fingerprint density at radius 1 is 0.667 bits per heavy atom. The summed E-state index contributed by atoms with van der Waals surface area (Å²) < 4.78 is 13.2. The second-order valence-corrected chi connectivity index (χ2v) is 11.2. The van der Waals surface area contributed by atoms with Gasteiger partial charge in [0, 0.05) is 24.3 Å². The molecule has 21 heavy (non-hydrogen) atoms. The molecule has 3 heteroatoms. The monoisotopic (exact) mass is 308 g/mol. The van der Waals surface area contributed by atoms with E-state index in [2.05, 4.69) is 13.8 Å². The van der Waals surface area contributed by atoms with Crippen molar-refractivity contribution in [2.24, 2.45) is 23.7 Å². The molecule has 0 amide bonds. The molecule has 0 bridgehead atoms. The van der Waals surface area contributed by atoms with E-state index in [0.29, 0.717) is 0 Å². The molecule has 4 rings (SSSR count). The van der Waals surface area contributed by atoms with Gasteiger partial charge in [-0.2, -0.15) is 0 Å². The van der Waals surface area contributed by atoms with E-state index >= 15 is 0 Å². The Morgan fingerprint density at radius 3 is 1.29 bits per heavy atom. The van der Waals surface area contributed by atoms with Gasteiger partial charge in [-0.25, -0.2) is 0 Å². The molecular formula is C18H32O2Si. The molecule has 4 atom stereocenters. The van der Waals surface area contributed by atoms with Crippen LogP contribution in [0.4, 0.5) is 0 Å². The van der Waals surface area contributed by atoms with Crippen LogP contribution < -0.4 is 0 Å². The maximum atomic E-state index is 6.62. The SMILES string of the molecule is CCO[Si](OCC)(C1C2CCCCC21)C1C2CCCCC21. The average Bonchev–Trinajstić information content (AvgIpc) is 3.40. The molecular weight excluding hydrogens is 276 g/mol. The number of hydrogen-bond acceptors (Lipinski definition) is 2. The van der Waals surface area contributed by atoms with Crippen LogP contribution in [0.2, 0.25) is 11.1 Å². The van der Waals surface area contributed by atoms with Gasteiger partial charge in [0.15, 0.2) is 0 Å². The van der Waals surface area contributed by atoms with Crippen molar-refractivity contribution in [3.8, 4) is 0 Å². The maximum absolute atomic E-state index is 6.62. The summed E-state index contributed by atoms with van der Waals surface area (Å²) in [4.78, 5) is 0. The van der Waals surface area contributed by atoms with E-state index < -0.39 is 8.56 Å². The highest BCUT2D eigenvalue weighted by Crippen LogP contribution is 2.74. The molecule has 0 aromatic heterocycles. The fraction of sp³-hybridized carbons (Fsp3) is 1.00. The zero-order valence-corrected chi connectivity index (χ0v) is 14.9. The van der Waals surface area contributed by atoms with Crippen LogP contribution in [0.1, 0.15) is 65.2 Å². The Labute approximate surface area is 131 Å². The van der Waals surface area contributed by atoms with Gasteiger partial charge in [0.2, 0.25) is 0 Å². The largest absolute Gasteiger partial charge is 0.394 e. The first kappa shape index (κ1) is 14.7. The smallest absolute Gasteiger partial charge is 0.345 e. The van der Waals surface area contributed by atoms with Crippen LogP contribution in [0.3, 0.4) is 0 Å². The highest BCUT2D eigenvalue weighted by atomic mass is 28.4. The van der Waals surface area contributed by atoms with Crippen LogP contribution >= 0.6 is 0 Å². The average molecular weight is 309 g/mol. The molecule has 0 heterocycles. The first-order chi connectivity index (χ1) is 10.3. The van der Waals surface area contributed by atoms with Crippen LogP contribution in [0, 0.1) is 23.7 Å². The quantitative estimate of drug-likeness (QED) is 0.651. The van der Waals surface area contributed by atoms with Crippen LogP contribution in [0.25, 0.3) is 0 Å². The Morgan fingerprint density at radius 2 is 1.00 bits per heavy atom. The minimum absolute atomic E-state index is 0.857. The molecule has 4 saturated carbocycles. The lowest BCUT2D eigenvalue weighted by atomic mass is 10.0. The molecule has 4 unspecified atom stereocenters. The summed E-state index contributed by atoms with van der Waals surface area (Å²) in [7, 11) is -1.98. The predicted octanol–water partition coefficient (Wildman–Crippen LogP) is 4.88. The van der Waals surface area contributed by atoms with Gasteiger partial charge in [-0.1, -0.05) is 51.4 Å². The lowest BCUT2D eigenvalue weighted by Gasteiger charge is -2.32. The summed E-state index contributed by atoms with van der Waals surface area (Å²) in [6.07, 6.45) is 11.7. The second kappa shape index (κ2) is 5.65. The van der Waals surface area contributed by atoms with Crippen LogP contribution in [0.5, 0.6) is 0 Å². The van der Waals surface area contributed by atoms with Crippen molar-refractivity contribution >= 4 is 8.56 Å². The summed E-state index contributed by atoms with van der Waals surface area (Å²) >= 11 is 0. The van der Waals surface area contributed by atoms with Gasteiger partial charge in [-0.05, 0) is 37.5 Å². The van der Waals surface area contributed by atoms with Gasteiger partial charge < -0.3 is 8.85 Å². The third-order valence-corrected chi connectivity index (χ3v) is 12.0. The van der Waals surface area contributed by atoms with E-state index in [1.807, 2.05) is 0 Å². The highest BCUT2D eigenvalue weighted by molar-refractivity contribution is 6.72. The molecule has 4 aliphatic carbocycles. The van der Waals surface area contributed by atoms with E-state index in [1.54, 1.807) is 0 Å². The number of hydrogen-bond donors (Lipinski definition) is 0. The fourth-order valence-electron chi connectivity index (χ4n) is 6.28. The lowest BCUT2D eigenvalue weighted by molar-refractivity contribution is 0.174. The van der Waals surface area contributed by atoms with Crippen LogP contribution in [0.15, 0.2) is 0 Å². The molecule has 120 valence electrons. The van der Waals surface area contributed by atoms with Crippen molar-refractivity contribution in [3.05, 3.63) is 0 Å². The molecule has 0 aromatic rings. The zero-order valence-electron chi connectivity index (χ0n) is 13.9. The van der Waals surface area contributed by atoms with E-state index in [0.717, 1.165) is 48.0 Å². The Kier molecular flexibility index (Phi) is 3.96. The Hall–Kier alpha value is 0.137. The van der Waals surface area contributed by atoms with E-state index in [4.69, 9.17) is 8.85 Å². The van der Waals surface area contributed by atoms with Crippen molar-refractivity contribution in [2.75, 3.05) is 13.2 Å². The summed E-state index contributed by atoms with van der Waals surface area (Å²) in [5.74, 6) is 3.91. The molecule has 4 aliphatic rings. The minimum Gasteiger partial charge on any atom is -0.394 e. The first-order valence-corrected chi connectivity index (χ1v) is 11.6. The summed E-state index contributed by atoms with van der Waals surface area (Å²) in [5, 5.41) is 0.